The summed E-state index contributed by atoms with van der Waals surface area (Å²) in [5.74, 6) is 0.775. The van der Waals surface area contributed by atoms with Gasteiger partial charge in [-0.25, -0.2) is 4.98 Å². The number of hydrogen-bond acceptors (Lipinski definition) is 4. The molecule has 1 atom stereocenters. The molecule has 0 aliphatic carbocycles. The number of nitrogens with one attached hydrogen (secondary N) is 1. The molecule has 0 bridgehead atoms. The molecular weight excluding hydrogens is 416 g/mol. The first kappa shape index (κ1) is 21.8. The number of ether oxygens (including phenoxy) is 1. The number of hydrogen-bond donors (Lipinski definition) is 1. The van der Waals surface area contributed by atoms with Crippen LogP contribution in [0.1, 0.15) is 29.8 Å². The lowest BCUT2D eigenvalue weighted by molar-refractivity contribution is -0.121. The molecule has 0 saturated carbocycles. The van der Waals surface area contributed by atoms with Crippen molar-refractivity contribution in [1.82, 2.24) is 10.3 Å². The molecule has 1 heterocycles. The molecule has 4 aromatic rings. The first-order valence-corrected chi connectivity index (χ1v) is 11.7. The molecule has 0 spiro atoms. The Kier molecular flexibility index (Phi) is 7.31. The third-order valence-electron chi connectivity index (χ3n) is 5.13. The highest BCUT2D eigenvalue weighted by Crippen LogP contribution is 2.32. The second kappa shape index (κ2) is 10.7. The Balaban J connectivity index is 1.47. The minimum atomic E-state index is -0.0945. The lowest BCUT2D eigenvalue weighted by atomic mass is 9.98. The van der Waals surface area contributed by atoms with Gasteiger partial charge in [0.1, 0.15) is 10.8 Å². The lowest BCUT2D eigenvalue weighted by Gasteiger charge is -2.19. The van der Waals surface area contributed by atoms with E-state index in [-0.39, 0.29) is 18.4 Å². The van der Waals surface area contributed by atoms with Crippen molar-refractivity contribution < 1.29 is 9.53 Å². The highest BCUT2D eigenvalue weighted by molar-refractivity contribution is 7.13. The summed E-state index contributed by atoms with van der Waals surface area (Å²) in [5.41, 5.74) is 4.00. The normalized spacial score (nSPS) is 11.7. The van der Waals surface area contributed by atoms with Crippen LogP contribution < -0.4 is 10.1 Å². The zero-order chi connectivity index (χ0) is 22.2. The summed E-state index contributed by atoms with van der Waals surface area (Å²) in [6.45, 7) is 2.56. The molecule has 1 aromatic heterocycles. The fraction of sp³-hybridized carbons (Fsp3) is 0.185. The second-order valence-corrected chi connectivity index (χ2v) is 8.33. The Hall–Kier alpha value is -3.44. The Morgan fingerprint density at radius 2 is 1.66 bits per heavy atom. The van der Waals surface area contributed by atoms with Crippen molar-refractivity contribution in [2.45, 2.75) is 25.8 Å². The fourth-order valence-corrected chi connectivity index (χ4v) is 4.48. The molecule has 0 fully saturated rings. The smallest absolute Gasteiger partial charge is 0.226 e. The van der Waals surface area contributed by atoms with Gasteiger partial charge in [0, 0.05) is 5.38 Å². The van der Waals surface area contributed by atoms with Gasteiger partial charge >= 0.3 is 0 Å². The van der Waals surface area contributed by atoms with Crippen molar-refractivity contribution in [3.8, 4) is 16.3 Å². The van der Waals surface area contributed by atoms with E-state index in [2.05, 4.69) is 29.6 Å². The average molecular weight is 443 g/mol. The summed E-state index contributed by atoms with van der Waals surface area (Å²) >= 11 is 1.53. The maximum atomic E-state index is 12.9. The highest BCUT2D eigenvalue weighted by Gasteiger charge is 2.17. The van der Waals surface area contributed by atoms with E-state index >= 15 is 0 Å². The molecule has 32 heavy (non-hydrogen) atoms. The third-order valence-corrected chi connectivity index (χ3v) is 6.05. The summed E-state index contributed by atoms with van der Waals surface area (Å²) in [6.07, 6.45) is 0.978. The number of carbonyl (C=O) groups is 1. The van der Waals surface area contributed by atoms with Crippen LogP contribution >= 0.6 is 11.3 Å². The van der Waals surface area contributed by atoms with E-state index in [0.717, 1.165) is 34.0 Å². The molecule has 5 heteroatoms. The van der Waals surface area contributed by atoms with Gasteiger partial charge in [-0.1, -0.05) is 72.8 Å². The molecule has 1 N–H and O–H groups in total. The minimum absolute atomic E-state index is 0.0373. The van der Waals surface area contributed by atoms with Crippen LogP contribution in [0.4, 0.5) is 0 Å². The Morgan fingerprint density at radius 1 is 0.969 bits per heavy atom. The quantitative estimate of drug-likeness (QED) is 0.354. The van der Waals surface area contributed by atoms with Crippen molar-refractivity contribution in [2.75, 3.05) is 6.61 Å². The number of amides is 1. The van der Waals surface area contributed by atoms with E-state index < -0.39 is 0 Å². The van der Waals surface area contributed by atoms with Crippen LogP contribution in [-0.2, 0) is 17.6 Å². The van der Waals surface area contributed by atoms with Crippen LogP contribution in [-0.4, -0.2) is 17.5 Å². The van der Waals surface area contributed by atoms with E-state index in [4.69, 9.17) is 9.72 Å². The summed E-state index contributed by atoms with van der Waals surface area (Å²) in [4.78, 5) is 17.6. The standard InChI is InChI=1S/C27H26N2O2S/c1-2-31-25-16-10-9-15-23(25)27-28-22(19-32-27)18-26(30)29-24(21-13-7-4-8-14-21)17-20-11-5-3-6-12-20/h3-16,19,24H,2,17-18H2,1H3,(H,29,30). The van der Waals surface area contributed by atoms with Crippen molar-refractivity contribution in [3.05, 3.63) is 107 Å². The summed E-state index contributed by atoms with van der Waals surface area (Å²) in [6, 6.07) is 28.1. The number of carbonyl (C=O) groups excluding carboxylic acids is 1. The number of benzene rings is 3. The summed E-state index contributed by atoms with van der Waals surface area (Å²) < 4.78 is 5.73. The maximum absolute atomic E-state index is 12.9. The molecule has 3 aromatic carbocycles. The van der Waals surface area contributed by atoms with Gasteiger partial charge < -0.3 is 10.1 Å². The molecule has 0 radical (unpaired) electrons. The molecule has 1 amide bonds. The van der Waals surface area contributed by atoms with E-state index in [0.29, 0.717) is 6.61 Å². The molecule has 0 saturated heterocycles. The lowest BCUT2D eigenvalue weighted by Crippen LogP contribution is -2.31. The van der Waals surface area contributed by atoms with Crippen LogP contribution in [0.25, 0.3) is 10.6 Å². The van der Waals surface area contributed by atoms with E-state index in [9.17, 15) is 4.79 Å². The molecule has 4 rings (SSSR count). The molecular formula is C27H26N2O2S. The molecule has 0 aliphatic heterocycles. The van der Waals surface area contributed by atoms with Gasteiger partial charge in [-0.15, -0.1) is 11.3 Å². The Bertz CT molecular complexity index is 1140. The van der Waals surface area contributed by atoms with E-state index in [1.54, 1.807) is 0 Å². The predicted octanol–water partition coefficient (Wildman–Crippen LogP) is 5.85. The maximum Gasteiger partial charge on any atom is 0.226 e. The van der Waals surface area contributed by atoms with Gasteiger partial charge in [-0.05, 0) is 36.6 Å². The van der Waals surface area contributed by atoms with Crippen LogP contribution in [0, 0.1) is 0 Å². The van der Waals surface area contributed by atoms with Crippen LogP contribution in [0.2, 0.25) is 0 Å². The molecule has 0 aliphatic rings. The first-order valence-electron chi connectivity index (χ1n) is 10.8. The monoisotopic (exact) mass is 442 g/mol. The number of thiazole rings is 1. The number of nitrogens with zero attached hydrogens (tertiary/aromatic N) is 1. The van der Waals surface area contributed by atoms with Crippen molar-refractivity contribution in [2.24, 2.45) is 0 Å². The summed E-state index contributed by atoms with van der Waals surface area (Å²) in [7, 11) is 0. The molecule has 4 nitrogen and oxygen atoms in total. The average Bonchev–Trinajstić information content (AvgIpc) is 3.28. The van der Waals surface area contributed by atoms with Gasteiger partial charge in [-0.2, -0.15) is 0 Å². The predicted molar refractivity (Wildman–Crippen MR) is 130 cm³/mol. The number of para-hydroxylation sites is 1. The zero-order valence-corrected chi connectivity index (χ0v) is 18.8. The van der Waals surface area contributed by atoms with Crippen molar-refractivity contribution >= 4 is 17.2 Å². The Labute approximate surface area is 192 Å². The van der Waals surface area contributed by atoms with Crippen molar-refractivity contribution in [3.63, 3.8) is 0 Å². The van der Waals surface area contributed by atoms with Crippen LogP contribution in [0.3, 0.4) is 0 Å². The van der Waals surface area contributed by atoms with Crippen LogP contribution in [0.15, 0.2) is 90.3 Å². The zero-order valence-electron chi connectivity index (χ0n) is 18.0. The second-order valence-electron chi connectivity index (χ2n) is 7.47. The number of aromatic nitrogens is 1. The van der Waals surface area contributed by atoms with Gasteiger partial charge in [0.05, 0.1) is 30.3 Å². The van der Waals surface area contributed by atoms with E-state index in [1.807, 2.05) is 73.0 Å². The van der Waals surface area contributed by atoms with E-state index in [1.165, 1.54) is 16.9 Å². The number of rotatable bonds is 9. The Morgan fingerprint density at radius 3 is 2.41 bits per heavy atom. The molecule has 162 valence electrons. The van der Waals surface area contributed by atoms with Gasteiger partial charge in [0.15, 0.2) is 0 Å². The third kappa shape index (κ3) is 5.62. The van der Waals surface area contributed by atoms with Gasteiger partial charge in [0.2, 0.25) is 5.91 Å². The minimum Gasteiger partial charge on any atom is -0.493 e. The SMILES string of the molecule is CCOc1ccccc1-c1nc(CC(=O)NC(Cc2ccccc2)c2ccccc2)cs1. The molecule has 1 unspecified atom stereocenters. The van der Waals surface area contributed by atoms with Crippen molar-refractivity contribution in [1.29, 1.82) is 0 Å². The topological polar surface area (TPSA) is 51.2 Å². The summed E-state index contributed by atoms with van der Waals surface area (Å²) in [5, 5.41) is 6.02. The van der Waals surface area contributed by atoms with Gasteiger partial charge in [0.25, 0.3) is 0 Å². The highest BCUT2D eigenvalue weighted by atomic mass is 32.1. The fourth-order valence-electron chi connectivity index (χ4n) is 3.63. The van der Waals surface area contributed by atoms with Gasteiger partial charge in [-0.3, -0.25) is 4.79 Å². The van der Waals surface area contributed by atoms with Crippen LogP contribution in [0.5, 0.6) is 5.75 Å². The largest absolute Gasteiger partial charge is 0.493 e. The first-order chi connectivity index (χ1) is 15.7.